The van der Waals surface area contributed by atoms with Gasteiger partial charge in [-0.25, -0.2) is 14.8 Å². The molecule has 2 heterocycles. The predicted molar refractivity (Wildman–Crippen MR) is 106 cm³/mol. The van der Waals surface area contributed by atoms with Gasteiger partial charge in [-0.15, -0.1) is 0 Å². The Kier molecular flexibility index (Phi) is 5.64. The van der Waals surface area contributed by atoms with Gasteiger partial charge in [0, 0.05) is 19.1 Å². The smallest absolute Gasteiger partial charge is 0.358 e. The number of carboxylic acid groups (broad SMARTS) is 1. The van der Waals surface area contributed by atoms with E-state index >= 15 is 0 Å². The predicted octanol–water partition coefficient (Wildman–Crippen LogP) is 3.41. The van der Waals surface area contributed by atoms with Crippen LogP contribution in [0.4, 0.5) is 11.5 Å². The van der Waals surface area contributed by atoms with E-state index in [4.69, 9.17) is 9.47 Å². The van der Waals surface area contributed by atoms with E-state index < -0.39 is 12.3 Å². The molecule has 2 aromatic rings. The van der Waals surface area contributed by atoms with Crippen LogP contribution >= 0.6 is 0 Å². The number of aromatic carboxylic acids is 1. The van der Waals surface area contributed by atoms with Gasteiger partial charge in [0.2, 0.25) is 0 Å². The Labute approximate surface area is 168 Å². The highest BCUT2D eigenvalue weighted by molar-refractivity contribution is 5.92. The summed E-state index contributed by atoms with van der Waals surface area (Å²) >= 11 is 0. The molecule has 2 aliphatic rings. The molecule has 1 aromatic carbocycles. The Balaban J connectivity index is 1.70. The van der Waals surface area contributed by atoms with Gasteiger partial charge >= 0.3 is 5.97 Å². The number of nitrogens with one attached hydrogen (secondary N) is 1. The largest absolute Gasteiger partial charge is 0.476 e. The summed E-state index contributed by atoms with van der Waals surface area (Å²) in [6, 6.07) is 5.63. The first kappa shape index (κ1) is 19.6. The third-order valence-electron chi connectivity index (χ3n) is 5.24. The van der Waals surface area contributed by atoms with Crippen LogP contribution in [0.25, 0.3) is 0 Å². The number of aliphatic hydroxyl groups is 1. The molecule has 0 amide bonds. The second-order valence-corrected chi connectivity index (χ2v) is 7.52. The number of para-hydroxylation sites is 1. The van der Waals surface area contributed by atoms with Crippen molar-refractivity contribution in [2.45, 2.75) is 50.7 Å². The molecule has 154 valence electrons. The second-order valence-electron chi connectivity index (χ2n) is 7.52. The van der Waals surface area contributed by atoms with E-state index in [2.05, 4.69) is 15.3 Å². The standard InChI is InChI=1S/C21H25N3O5/c1-12(25)29-19-15(13-7-9-28-10-8-13)3-2-4-16(19)24-20-18(21(26)27)23-17(11-22-20)14-5-6-14/h2-4,11-14,25H,5-10H2,1H3,(H,22,24)(H,26,27)/t12-/m0/s1. The van der Waals surface area contributed by atoms with E-state index in [0.29, 0.717) is 36.3 Å². The quantitative estimate of drug-likeness (QED) is 0.607. The van der Waals surface area contributed by atoms with E-state index in [1.807, 2.05) is 12.1 Å². The summed E-state index contributed by atoms with van der Waals surface area (Å²) in [5.41, 5.74) is 2.10. The Bertz CT molecular complexity index is 892. The number of anilines is 2. The maximum Gasteiger partial charge on any atom is 0.358 e. The van der Waals surface area contributed by atoms with Crippen molar-refractivity contribution in [3.63, 3.8) is 0 Å². The first-order valence-electron chi connectivity index (χ1n) is 9.95. The molecule has 1 aromatic heterocycles. The fourth-order valence-electron chi connectivity index (χ4n) is 3.63. The lowest BCUT2D eigenvalue weighted by atomic mass is 9.90. The number of benzene rings is 1. The molecule has 29 heavy (non-hydrogen) atoms. The molecule has 0 radical (unpaired) electrons. The molecule has 4 rings (SSSR count). The number of rotatable bonds is 7. The van der Waals surface area contributed by atoms with Gasteiger partial charge in [-0.2, -0.15) is 0 Å². The van der Waals surface area contributed by atoms with Crippen molar-refractivity contribution in [1.29, 1.82) is 0 Å². The molecule has 2 fully saturated rings. The van der Waals surface area contributed by atoms with Crippen LogP contribution in [-0.4, -0.2) is 45.7 Å². The molecule has 0 bridgehead atoms. The minimum atomic E-state index is -1.14. The van der Waals surface area contributed by atoms with Gasteiger partial charge in [0.25, 0.3) is 0 Å². The number of nitrogens with zero attached hydrogens (tertiary/aromatic N) is 2. The van der Waals surface area contributed by atoms with Gasteiger partial charge in [-0.3, -0.25) is 0 Å². The molecule has 1 aliphatic heterocycles. The van der Waals surface area contributed by atoms with E-state index in [1.54, 1.807) is 12.3 Å². The van der Waals surface area contributed by atoms with Crippen molar-refractivity contribution in [3.05, 3.63) is 41.3 Å². The average Bonchev–Trinajstić information content (AvgIpc) is 3.55. The lowest BCUT2D eigenvalue weighted by Crippen LogP contribution is -2.18. The highest BCUT2D eigenvalue weighted by Crippen LogP contribution is 2.41. The zero-order chi connectivity index (χ0) is 20.4. The average molecular weight is 399 g/mol. The summed E-state index contributed by atoms with van der Waals surface area (Å²) in [5, 5.41) is 22.6. The van der Waals surface area contributed by atoms with Gasteiger partial charge in [0.1, 0.15) is 5.75 Å². The first-order valence-corrected chi connectivity index (χ1v) is 9.95. The van der Waals surface area contributed by atoms with Crippen molar-refractivity contribution in [2.24, 2.45) is 0 Å². The monoisotopic (exact) mass is 399 g/mol. The van der Waals surface area contributed by atoms with Crippen LogP contribution in [-0.2, 0) is 4.74 Å². The number of carboxylic acids is 1. The van der Waals surface area contributed by atoms with E-state index in [9.17, 15) is 15.0 Å². The van der Waals surface area contributed by atoms with Gasteiger partial charge in [0.05, 0.1) is 17.6 Å². The Morgan fingerprint density at radius 2 is 2.00 bits per heavy atom. The molecule has 8 nitrogen and oxygen atoms in total. The van der Waals surface area contributed by atoms with Crippen LogP contribution in [0.1, 0.15) is 66.2 Å². The minimum absolute atomic E-state index is 0.117. The van der Waals surface area contributed by atoms with E-state index in [0.717, 1.165) is 31.2 Å². The normalized spacial score (nSPS) is 18.3. The van der Waals surface area contributed by atoms with Crippen molar-refractivity contribution in [1.82, 2.24) is 9.97 Å². The number of hydrogen-bond acceptors (Lipinski definition) is 7. The Hall–Kier alpha value is -2.71. The molecular formula is C21H25N3O5. The molecule has 8 heteroatoms. The summed E-state index contributed by atoms with van der Waals surface area (Å²) in [5.74, 6) is 0.0588. The summed E-state index contributed by atoms with van der Waals surface area (Å²) in [6.07, 6.45) is 4.36. The maximum absolute atomic E-state index is 11.8. The van der Waals surface area contributed by atoms with E-state index in [-0.39, 0.29) is 17.4 Å². The van der Waals surface area contributed by atoms with Gasteiger partial charge in [-0.1, -0.05) is 12.1 Å². The topological polar surface area (TPSA) is 114 Å². The SMILES string of the molecule is C[C@@H](O)Oc1c(Nc2ncc(C3CC3)nc2C(=O)O)cccc1C1CCOCC1. The van der Waals surface area contributed by atoms with Gasteiger partial charge < -0.3 is 25.0 Å². The van der Waals surface area contributed by atoms with Crippen LogP contribution < -0.4 is 10.1 Å². The van der Waals surface area contributed by atoms with Crippen molar-refractivity contribution in [2.75, 3.05) is 18.5 Å². The summed E-state index contributed by atoms with van der Waals surface area (Å²) < 4.78 is 11.2. The zero-order valence-corrected chi connectivity index (χ0v) is 16.3. The minimum Gasteiger partial charge on any atom is -0.476 e. The zero-order valence-electron chi connectivity index (χ0n) is 16.3. The number of carbonyl (C=O) groups is 1. The molecule has 1 atom stereocenters. The Morgan fingerprint density at radius 1 is 1.24 bits per heavy atom. The maximum atomic E-state index is 11.8. The molecule has 1 saturated carbocycles. The van der Waals surface area contributed by atoms with Crippen LogP contribution in [0.2, 0.25) is 0 Å². The summed E-state index contributed by atoms with van der Waals surface area (Å²) in [6.45, 7) is 2.89. The third-order valence-corrected chi connectivity index (χ3v) is 5.24. The lowest BCUT2D eigenvalue weighted by Gasteiger charge is -2.26. The molecule has 3 N–H and O–H groups in total. The summed E-state index contributed by atoms with van der Waals surface area (Å²) in [4.78, 5) is 20.4. The second kappa shape index (κ2) is 8.34. The number of aliphatic hydroxyl groups excluding tert-OH is 1. The Morgan fingerprint density at radius 3 is 2.66 bits per heavy atom. The van der Waals surface area contributed by atoms with Gasteiger partial charge in [0.15, 0.2) is 17.8 Å². The molecule has 0 spiro atoms. The molecule has 1 saturated heterocycles. The highest BCUT2D eigenvalue weighted by Gasteiger charge is 2.28. The van der Waals surface area contributed by atoms with Gasteiger partial charge in [-0.05, 0) is 50.2 Å². The fraction of sp³-hybridized carbons (Fsp3) is 0.476. The molecule has 1 aliphatic carbocycles. The number of ether oxygens (including phenoxy) is 2. The van der Waals surface area contributed by atoms with Crippen LogP contribution in [0.3, 0.4) is 0 Å². The van der Waals surface area contributed by atoms with Crippen molar-refractivity contribution in [3.8, 4) is 5.75 Å². The van der Waals surface area contributed by atoms with Crippen LogP contribution in [0.5, 0.6) is 5.75 Å². The number of hydrogen-bond donors (Lipinski definition) is 3. The molecule has 0 unspecified atom stereocenters. The highest BCUT2D eigenvalue weighted by atomic mass is 16.6. The van der Waals surface area contributed by atoms with E-state index in [1.165, 1.54) is 6.92 Å². The fourth-order valence-corrected chi connectivity index (χ4v) is 3.63. The third kappa shape index (κ3) is 4.49. The van der Waals surface area contributed by atoms with Crippen molar-refractivity contribution >= 4 is 17.5 Å². The van der Waals surface area contributed by atoms with Crippen LogP contribution in [0, 0.1) is 0 Å². The van der Waals surface area contributed by atoms with Crippen LogP contribution in [0.15, 0.2) is 24.4 Å². The number of aromatic nitrogens is 2. The molecular weight excluding hydrogens is 374 g/mol. The van der Waals surface area contributed by atoms with Crippen molar-refractivity contribution < 1.29 is 24.5 Å². The first-order chi connectivity index (χ1) is 14.0. The summed E-state index contributed by atoms with van der Waals surface area (Å²) in [7, 11) is 0. The lowest BCUT2D eigenvalue weighted by molar-refractivity contribution is -0.00136.